The van der Waals surface area contributed by atoms with Crippen LogP contribution in [0.2, 0.25) is 0 Å². The Kier molecular flexibility index (Phi) is 32.2. The monoisotopic (exact) mass is 680 g/mol. The van der Waals surface area contributed by atoms with Crippen molar-refractivity contribution in [3.63, 3.8) is 0 Å². The molecule has 0 aliphatic heterocycles. The predicted octanol–water partition coefficient (Wildman–Crippen LogP) is 7.36. The first kappa shape index (κ1) is 45.3. The van der Waals surface area contributed by atoms with Gasteiger partial charge in [0, 0.05) is 25.9 Å². The smallest absolute Gasteiger partial charge is 0.309 e. The summed E-state index contributed by atoms with van der Waals surface area (Å²) in [4.78, 5) is 44.9. The largest absolute Gasteiger partial charge is 0.481 e. The highest BCUT2D eigenvalue weighted by atomic mass is 16.4. The van der Waals surface area contributed by atoms with Crippen LogP contribution in [0.1, 0.15) is 167 Å². The third kappa shape index (κ3) is 34.6. The van der Waals surface area contributed by atoms with Gasteiger partial charge in [-0.05, 0) is 77.0 Å². The second-order valence-electron chi connectivity index (χ2n) is 13.0. The number of hydrogen-bond acceptors (Lipinski definition) is 6. The van der Waals surface area contributed by atoms with Gasteiger partial charge in [0.1, 0.15) is 0 Å². The maximum Gasteiger partial charge on any atom is 0.309 e. The zero-order valence-corrected chi connectivity index (χ0v) is 29.7. The molecule has 0 spiro atoms. The van der Waals surface area contributed by atoms with E-state index >= 15 is 0 Å². The van der Waals surface area contributed by atoms with E-state index < -0.39 is 23.8 Å². The van der Waals surface area contributed by atoms with Crippen molar-refractivity contribution in [2.75, 3.05) is 13.1 Å². The van der Waals surface area contributed by atoms with E-state index in [1.165, 1.54) is 0 Å². The molecule has 0 aliphatic carbocycles. The van der Waals surface area contributed by atoms with Crippen LogP contribution < -0.4 is 10.6 Å². The number of carbonyl (C=O) groups excluding carboxylic acids is 2. The normalized spacial score (nSPS) is 12.8. The summed E-state index contributed by atoms with van der Waals surface area (Å²) < 4.78 is 0. The van der Waals surface area contributed by atoms with Crippen molar-refractivity contribution < 1.29 is 39.6 Å². The first-order valence-electron chi connectivity index (χ1n) is 18.9. The van der Waals surface area contributed by atoms with Crippen molar-refractivity contribution in [1.82, 2.24) is 10.6 Å². The van der Waals surface area contributed by atoms with Crippen LogP contribution in [0.15, 0.2) is 24.3 Å². The molecule has 6 N–H and O–H groups in total. The molecule has 0 rings (SSSR count). The maximum absolute atomic E-state index is 12.0. The Morgan fingerprint density at radius 1 is 0.438 bits per heavy atom. The van der Waals surface area contributed by atoms with Gasteiger partial charge in [0.15, 0.2) is 0 Å². The molecule has 0 fully saturated rings. The molecule has 10 heteroatoms. The van der Waals surface area contributed by atoms with Gasteiger partial charge in [-0.1, -0.05) is 101 Å². The van der Waals surface area contributed by atoms with Crippen molar-refractivity contribution in [2.45, 2.75) is 179 Å². The fourth-order valence-corrected chi connectivity index (χ4v) is 5.40. The number of amides is 2. The molecule has 0 saturated carbocycles. The highest BCUT2D eigenvalue weighted by Gasteiger charge is 2.11. The second kappa shape index (κ2) is 34.2. The van der Waals surface area contributed by atoms with E-state index in [-0.39, 0.29) is 25.0 Å². The second-order valence-corrected chi connectivity index (χ2v) is 13.0. The average Bonchev–Trinajstić information content (AvgIpc) is 3.04. The molecule has 48 heavy (non-hydrogen) atoms. The summed E-state index contributed by atoms with van der Waals surface area (Å²) in [7, 11) is 0. The molecule has 0 aromatic rings. The minimum absolute atomic E-state index is 0.258. The minimum atomic E-state index is -0.723. The molecule has 10 nitrogen and oxygen atoms in total. The van der Waals surface area contributed by atoms with Gasteiger partial charge < -0.3 is 31.1 Å². The van der Waals surface area contributed by atoms with Gasteiger partial charge in [0.25, 0.3) is 0 Å². The van der Waals surface area contributed by atoms with Crippen LogP contribution in [0, 0.1) is 0 Å². The van der Waals surface area contributed by atoms with Crippen LogP contribution in [0.4, 0.5) is 0 Å². The Morgan fingerprint density at radius 3 is 1.17 bits per heavy atom. The van der Waals surface area contributed by atoms with Crippen molar-refractivity contribution in [3.8, 4) is 0 Å². The number of carboxylic acids is 2. The molecule has 0 saturated heterocycles. The summed E-state index contributed by atoms with van der Waals surface area (Å²) in [5, 5.41) is 42.9. The van der Waals surface area contributed by atoms with Gasteiger partial charge in [-0.25, -0.2) is 0 Å². The van der Waals surface area contributed by atoms with Crippen LogP contribution in [0.25, 0.3) is 0 Å². The van der Waals surface area contributed by atoms with Crippen molar-refractivity contribution in [3.05, 3.63) is 24.3 Å². The third-order valence-corrected chi connectivity index (χ3v) is 8.38. The van der Waals surface area contributed by atoms with Crippen LogP contribution in [0.5, 0.6) is 0 Å². The van der Waals surface area contributed by atoms with E-state index in [0.717, 1.165) is 141 Å². The zero-order chi connectivity index (χ0) is 35.5. The molecule has 0 unspecified atom stereocenters. The van der Waals surface area contributed by atoms with E-state index in [0.29, 0.717) is 25.9 Å². The number of hydrogen-bond donors (Lipinski definition) is 6. The Balaban J connectivity index is 3.53. The number of aliphatic hydroxyl groups excluding tert-OH is 2. The van der Waals surface area contributed by atoms with Gasteiger partial charge in [-0.3, -0.25) is 19.2 Å². The summed E-state index contributed by atoms with van der Waals surface area (Å²) >= 11 is 0. The van der Waals surface area contributed by atoms with E-state index in [4.69, 9.17) is 10.2 Å². The van der Waals surface area contributed by atoms with Gasteiger partial charge in [-0.2, -0.15) is 0 Å². The van der Waals surface area contributed by atoms with E-state index in [2.05, 4.69) is 22.8 Å². The number of carbonyl (C=O) groups is 4. The third-order valence-electron chi connectivity index (χ3n) is 8.38. The number of rotatable bonds is 34. The van der Waals surface area contributed by atoms with Gasteiger partial charge in [0.2, 0.25) is 0 Å². The van der Waals surface area contributed by atoms with Crippen LogP contribution in [0.3, 0.4) is 0 Å². The Hall–Kier alpha value is -2.72. The van der Waals surface area contributed by atoms with E-state index in [1.807, 2.05) is 12.2 Å². The minimum Gasteiger partial charge on any atom is -0.481 e. The molecule has 278 valence electrons. The molecule has 2 atom stereocenters. The molecule has 0 radical (unpaired) electrons. The lowest BCUT2D eigenvalue weighted by Crippen LogP contribution is -2.40. The Bertz CT molecular complexity index is 807. The lowest BCUT2D eigenvalue weighted by molar-refractivity contribution is -0.139. The molecule has 0 aliphatic rings. The van der Waals surface area contributed by atoms with Gasteiger partial charge in [-0.15, -0.1) is 0 Å². The fraction of sp³-hybridized carbons (Fsp3) is 0.789. The number of nitrogens with one attached hydrogen (secondary N) is 2. The number of aliphatic hydroxyl groups is 2. The van der Waals surface area contributed by atoms with E-state index in [1.54, 1.807) is 0 Å². The molecule has 0 aromatic heterocycles. The summed E-state index contributed by atoms with van der Waals surface area (Å²) in [6.45, 7) is 0.926. The quantitative estimate of drug-likeness (QED) is 0.0232. The maximum atomic E-state index is 12.0. The molecule has 2 amide bonds. The zero-order valence-electron chi connectivity index (χ0n) is 29.7. The highest BCUT2D eigenvalue weighted by molar-refractivity contribution is 6.35. The van der Waals surface area contributed by atoms with Gasteiger partial charge in [0.05, 0.1) is 12.2 Å². The number of carboxylic acid groups (broad SMARTS) is 2. The number of unbranched alkanes of at least 4 members (excludes halogenated alkanes) is 16. The number of allylic oxidation sites excluding steroid dienone is 2. The summed E-state index contributed by atoms with van der Waals surface area (Å²) in [5.41, 5.74) is 0. The van der Waals surface area contributed by atoms with Gasteiger partial charge >= 0.3 is 23.8 Å². The lowest BCUT2D eigenvalue weighted by atomic mass is 10.1. The van der Waals surface area contributed by atoms with Crippen LogP contribution in [-0.2, 0) is 19.2 Å². The standard InChI is InChI=1S/C38H68N2O8/c41-33(25-17-9-5-1-3-7-11-21-29-35(43)44)27-19-13-15-23-31-39-37(47)38(48)40-32-24-16-14-20-28-34(42)26-18-10-6-2-4-8-12-22-30-36(45)46/h9-10,17-18,33-34,41-42H,1-8,11-16,19-32H2,(H,39,47)(H,40,48)(H,43,44)(H,45,46)/b17-9-,18-10-/t33-,34-/m0/s1. The SMILES string of the molecule is O=C(O)CCCCCCC/C=C\C[C@H](O)CCCCCCNC(=O)C(=O)NCCCCCC[C@@H](O)C/C=C\CCCCCCCC(=O)O. The summed E-state index contributed by atoms with van der Waals surface area (Å²) in [6, 6.07) is 0. The first-order valence-corrected chi connectivity index (χ1v) is 18.9. The number of aliphatic carboxylic acids is 2. The molecule has 0 aromatic carbocycles. The first-order chi connectivity index (χ1) is 23.2. The topological polar surface area (TPSA) is 173 Å². The molecule has 0 bridgehead atoms. The van der Waals surface area contributed by atoms with Crippen molar-refractivity contribution in [2.24, 2.45) is 0 Å². The fourth-order valence-electron chi connectivity index (χ4n) is 5.40. The Morgan fingerprint density at radius 2 is 0.771 bits per heavy atom. The lowest BCUT2D eigenvalue weighted by Gasteiger charge is -2.09. The molecule has 0 heterocycles. The highest BCUT2D eigenvalue weighted by Crippen LogP contribution is 2.12. The Labute approximate surface area is 290 Å². The van der Waals surface area contributed by atoms with Crippen molar-refractivity contribution >= 4 is 23.8 Å². The summed E-state index contributed by atoms with van der Waals surface area (Å²) in [6.07, 6.45) is 30.2. The average molecular weight is 681 g/mol. The van der Waals surface area contributed by atoms with Crippen LogP contribution in [-0.4, -0.2) is 69.5 Å². The van der Waals surface area contributed by atoms with Crippen LogP contribution >= 0.6 is 0 Å². The molecular weight excluding hydrogens is 612 g/mol. The summed E-state index contributed by atoms with van der Waals surface area (Å²) in [5.74, 6) is -2.64. The molecular formula is C38H68N2O8. The predicted molar refractivity (Wildman–Crippen MR) is 192 cm³/mol. The van der Waals surface area contributed by atoms with E-state index in [9.17, 15) is 29.4 Å². The van der Waals surface area contributed by atoms with Crippen molar-refractivity contribution in [1.29, 1.82) is 0 Å².